The number of rotatable bonds is 6. The van der Waals surface area contributed by atoms with E-state index in [0.29, 0.717) is 18.1 Å². The minimum atomic E-state index is -0.950. The number of hydrogen-bond acceptors (Lipinski definition) is 4. The number of nitrogens with zero attached hydrogens (tertiary/aromatic N) is 2. The van der Waals surface area contributed by atoms with Crippen molar-refractivity contribution < 1.29 is 14.3 Å². The molecule has 2 heterocycles. The van der Waals surface area contributed by atoms with Crippen LogP contribution in [0.5, 0.6) is 0 Å². The number of aromatic nitrogens is 1. The van der Waals surface area contributed by atoms with E-state index < -0.39 is 5.97 Å². The number of carbonyl (C=O) groups is 1. The first-order valence-electron chi connectivity index (χ1n) is 6.47. The van der Waals surface area contributed by atoms with Crippen LogP contribution < -0.4 is 0 Å². The maximum absolute atomic E-state index is 10.9. The molecule has 106 valence electrons. The summed E-state index contributed by atoms with van der Waals surface area (Å²) in [6, 6.07) is 7.45. The van der Waals surface area contributed by atoms with Gasteiger partial charge in [-0.3, -0.25) is 9.88 Å². The molecule has 0 atom stereocenters. The number of carboxylic acids is 1. The first-order valence-corrected chi connectivity index (χ1v) is 6.47. The molecule has 0 fully saturated rings. The van der Waals surface area contributed by atoms with Crippen LogP contribution in [0, 0.1) is 6.92 Å². The molecule has 20 heavy (non-hydrogen) atoms. The summed E-state index contributed by atoms with van der Waals surface area (Å²) in [5, 5.41) is 8.98. The van der Waals surface area contributed by atoms with Crippen LogP contribution in [-0.4, -0.2) is 34.6 Å². The molecule has 0 spiro atoms. The predicted octanol–water partition coefficient (Wildman–Crippen LogP) is 2.36. The smallest absolute Gasteiger partial charge is 0.339 e. The molecule has 5 heteroatoms. The second-order valence-corrected chi connectivity index (χ2v) is 4.80. The fraction of sp³-hybridized carbons (Fsp3) is 0.333. The second kappa shape index (κ2) is 6.34. The number of aromatic carboxylic acids is 1. The van der Waals surface area contributed by atoms with E-state index in [-0.39, 0.29) is 5.56 Å². The minimum absolute atomic E-state index is 0.234. The zero-order chi connectivity index (χ0) is 14.5. The van der Waals surface area contributed by atoms with Crippen LogP contribution >= 0.6 is 0 Å². The SMILES string of the molecule is Cc1oc(CN(C)CCc2ccccn2)cc1C(=O)O. The summed E-state index contributed by atoms with van der Waals surface area (Å²) >= 11 is 0. The molecular formula is C15H18N2O3. The summed E-state index contributed by atoms with van der Waals surface area (Å²) in [6.45, 7) is 3.08. The van der Waals surface area contributed by atoms with E-state index in [2.05, 4.69) is 9.88 Å². The van der Waals surface area contributed by atoms with Crippen molar-refractivity contribution in [2.24, 2.45) is 0 Å². The molecule has 0 aliphatic rings. The third-order valence-corrected chi connectivity index (χ3v) is 3.10. The Kier molecular flexibility index (Phi) is 4.53. The van der Waals surface area contributed by atoms with Gasteiger partial charge in [0.25, 0.3) is 0 Å². The van der Waals surface area contributed by atoms with Crippen molar-refractivity contribution in [3.63, 3.8) is 0 Å². The third-order valence-electron chi connectivity index (χ3n) is 3.10. The molecule has 2 rings (SSSR count). The predicted molar refractivity (Wildman–Crippen MR) is 74.7 cm³/mol. The molecule has 1 N–H and O–H groups in total. The lowest BCUT2D eigenvalue weighted by atomic mass is 10.2. The monoisotopic (exact) mass is 274 g/mol. The summed E-state index contributed by atoms with van der Waals surface area (Å²) < 4.78 is 5.46. The van der Waals surface area contributed by atoms with Gasteiger partial charge >= 0.3 is 5.97 Å². The molecule has 0 unspecified atom stereocenters. The number of pyridine rings is 1. The summed E-state index contributed by atoms with van der Waals surface area (Å²) in [7, 11) is 1.97. The minimum Gasteiger partial charge on any atom is -0.478 e. The highest BCUT2D eigenvalue weighted by molar-refractivity contribution is 5.88. The van der Waals surface area contributed by atoms with Crippen LogP contribution in [0.15, 0.2) is 34.9 Å². The van der Waals surface area contributed by atoms with Gasteiger partial charge in [0.15, 0.2) is 0 Å². The second-order valence-electron chi connectivity index (χ2n) is 4.80. The average molecular weight is 274 g/mol. The van der Waals surface area contributed by atoms with Crippen LogP contribution in [0.3, 0.4) is 0 Å². The van der Waals surface area contributed by atoms with E-state index in [9.17, 15) is 4.79 Å². The van der Waals surface area contributed by atoms with Gasteiger partial charge in [-0.05, 0) is 32.2 Å². The quantitative estimate of drug-likeness (QED) is 0.876. The van der Waals surface area contributed by atoms with E-state index >= 15 is 0 Å². The highest BCUT2D eigenvalue weighted by Gasteiger charge is 2.14. The fourth-order valence-corrected chi connectivity index (χ4v) is 2.03. The highest BCUT2D eigenvalue weighted by atomic mass is 16.4. The van der Waals surface area contributed by atoms with Crippen molar-refractivity contribution in [3.05, 3.63) is 53.2 Å². The fourth-order valence-electron chi connectivity index (χ4n) is 2.03. The molecule has 2 aromatic rings. The molecule has 0 amide bonds. The van der Waals surface area contributed by atoms with Gasteiger partial charge in [0, 0.05) is 24.9 Å². The normalized spacial score (nSPS) is 10.9. The Hall–Kier alpha value is -2.14. The Morgan fingerprint density at radius 1 is 1.45 bits per heavy atom. The molecule has 0 radical (unpaired) electrons. The van der Waals surface area contributed by atoms with Crippen molar-refractivity contribution in [1.29, 1.82) is 0 Å². The van der Waals surface area contributed by atoms with E-state index in [4.69, 9.17) is 9.52 Å². The average Bonchev–Trinajstić information content (AvgIpc) is 2.78. The van der Waals surface area contributed by atoms with Crippen LogP contribution in [0.1, 0.15) is 27.6 Å². The number of hydrogen-bond donors (Lipinski definition) is 1. The van der Waals surface area contributed by atoms with Gasteiger partial charge in [0.2, 0.25) is 0 Å². The Bertz CT molecular complexity index is 578. The molecule has 0 saturated heterocycles. The Labute approximate surface area is 117 Å². The van der Waals surface area contributed by atoms with E-state index in [1.54, 1.807) is 19.2 Å². The van der Waals surface area contributed by atoms with Crippen LogP contribution in [0.4, 0.5) is 0 Å². The van der Waals surface area contributed by atoms with Gasteiger partial charge in [-0.15, -0.1) is 0 Å². The van der Waals surface area contributed by atoms with Gasteiger partial charge in [-0.2, -0.15) is 0 Å². The van der Waals surface area contributed by atoms with Crippen LogP contribution in [0.25, 0.3) is 0 Å². The maximum Gasteiger partial charge on any atom is 0.339 e. The van der Waals surface area contributed by atoms with E-state index in [1.807, 2.05) is 25.2 Å². The standard InChI is InChI=1S/C15H18N2O3/c1-11-14(15(18)19)9-13(20-11)10-17(2)8-6-12-5-3-4-7-16-12/h3-5,7,9H,6,8,10H2,1-2H3,(H,18,19). The van der Waals surface area contributed by atoms with Gasteiger partial charge in [0.1, 0.15) is 17.1 Å². The number of furan rings is 1. The molecule has 0 saturated carbocycles. The molecule has 0 aliphatic carbocycles. The van der Waals surface area contributed by atoms with E-state index in [1.165, 1.54) is 0 Å². The Morgan fingerprint density at radius 2 is 2.25 bits per heavy atom. The first kappa shape index (κ1) is 14.3. The molecular weight excluding hydrogens is 256 g/mol. The zero-order valence-electron chi connectivity index (χ0n) is 11.7. The van der Waals surface area contributed by atoms with Gasteiger partial charge in [-0.1, -0.05) is 6.07 Å². The topological polar surface area (TPSA) is 66.6 Å². The number of aryl methyl sites for hydroxylation is 1. The van der Waals surface area contributed by atoms with Crippen molar-refractivity contribution in [2.45, 2.75) is 19.9 Å². The summed E-state index contributed by atoms with van der Waals surface area (Å²) in [6.07, 6.45) is 2.63. The molecule has 0 aliphatic heterocycles. The lowest BCUT2D eigenvalue weighted by Crippen LogP contribution is -2.20. The first-order chi connectivity index (χ1) is 9.56. The van der Waals surface area contributed by atoms with Crippen molar-refractivity contribution in [2.75, 3.05) is 13.6 Å². The largest absolute Gasteiger partial charge is 0.478 e. The number of likely N-dealkylation sites (N-methyl/N-ethyl adjacent to an activating group) is 1. The Balaban J connectivity index is 1.90. The molecule has 0 bridgehead atoms. The molecule has 2 aromatic heterocycles. The van der Waals surface area contributed by atoms with Gasteiger partial charge < -0.3 is 9.52 Å². The lowest BCUT2D eigenvalue weighted by Gasteiger charge is -2.14. The molecule has 5 nitrogen and oxygen atoms in total. The third kappa shape index (κ3) is 3.68. The van der Waals surface area contributed by atoms with Gasteiger partial charge in [0.05, 0.1) is 6.54 Å². The summed E-state index contributed by atoms with van der Waals surface area (Å²) in [5.41, 5.74) is 1.28. The maximum atomic E-state index is 10.9. The number of carboxylic acid groups (broad SMARTS) is 1. The Morgan fingerprint density at radius 3 is 2.85 bits per heavy atom. The zero-order valence-corrected chi connectivity index (χ0v) is 11.7. The summed E-state index contributed by atoms with van der Waals surface area (Å²) in [4.78, 5) is 17.3. The summed E-state index contributed by atoms with van der Waals surface area (Å²) in [5.74, 6) is 0.169. The van der Waals surface area contributed by atoms with Crippen LogP contribution in [0.2, 0.25) is 0 Å². The lowest BCUT2D eigenvalue weighted by molar-refractivity contribution is 0.0695. The van der Waals surface area contributed by atoms with Gasteiger partial charge in [-0.25, -0.2) is 4.79 Å². The van der Waals surface area contributed by atoms with Crippen molar-refractivity contribution in [3.8, 4) is 0 Å². The van der Waals surface area contributed by atoms with E-state index in [0.717, 1.165) is 18.7 Å². The van der Waals surface area contributed by atoms with Crippen molar-refractivity contribution >= 4 is 5.97 Å². The van der Waals surface area contributed by atoms with Crippen LogP contribution in [-0.2, 0) is 13.0 Å². The molecule has 0 aromatic carbocycles. The highest BCUT2D eigenvalue weighted by Crippen LogP contribution is 2.16. The van der Waals surface area contributed by atoms with Crippen molar-refractivity contribution in [1.82, 2.24) is 9.88 Å².